The smallest absolute Gasteiger partial charge is 0.255 e. The number of halogens is 3. The van der Waals surface area contributed by atoms with E-state index in [1.807, 2.05) is 0 Å². The molecule has 1 aliphatic heterocycles. The Morgan fingerprint density at radius 2 is 1.67 bits per heavy atom. The molecule has 5 nitrogen and oxygen atoms in total. The summed E-state index contributed by atoms with van der Waals surface area (Å²) in [5, 5.41) is 0.691. The molecule has 1 saturated heterocycles. The van der Waals surface area contributed by atoms with Crippen molar-refractivity contribution in [2.45, 2.75) is 11.3 Å². The maximum absolute atomic E-state index is 13.1. The van der Waals surface area contributed by atoms with Gasteiger partial charge in [0.05, 0.1) is 15.5 Å². The van der Waals surface area contributed by atoms with E-state index >= 15 is 0 Å². The van der Waals surface area contributed by atoms with Crippen LogP contribution < -0.4 is 0 Å². The van der Waals surface area contributed by atoms with Crippen LogP contribution in [0.1, 0.15) is 16.8 Å². The lowest BCUT2D eigenvalue weighted by molar-refractivity contribution is 0.0764. The molecule has 1 aliphatic rings. The SMILES string of the molecule is O=C(c1ccc(Cl)cc1Cl)N1CCCN(S(=O)(=O)c2ccc(F)cc2)CC1. The van der Waals surface area contributed by atoms with Crippen LogP contribution >= 0.6 is 23.2 Å². The monoisotopic (exact) mass is 430 g/mol. The van der Waals surface area contributed by atoms with Gasteiger partial charge in [-0.15, -0.1) is 0 Å². The van der Waals surface area contributed by atoms with Crippen molar-refractivity contribution in [3.05, 3.63) is 63.9 Å². The number of nitrogens with zero attached hydrogens (tertiary/aromatic N) is 2. The Bertz CT molecular complexity index is 952. The van der Waals surface area contributed by atoms with Crippen LogP contribution in [0.25, 0.3) is 0 Å². The number of carbonyl (C=O) groups is 1. The van der Waals surface area contributed by atoms with Gasteiger partial charge in [0.15, 0.2) is 0 Å². The van der Waals surface area contributed by atoms with Crippen molar-refractivity contribution in [1.29, 1.82) is 0 Å². The molecule has 144 valence electrons. The van der Waals surface area contributed by atoms with Crippen LogP contribution in [0.2, 0.25) is 10.0 Å². The van der Waals surface area contributed by atoms with Gasteiger partial charge in [-0.1, -0.05) is 23.2 Å². The average Bonchev–Trinajstić information content (AvgIpc) is 2.88. The first-order valence-corrected chi connectivity index (χ1v) is 10.5. The third-order valence-corrected chi connectivity index (χ3v) is 6.82. The van der Waals surface area contributed by atoms with E-state index < -0.39 is 15.8 Å². The molecule has 0 N–H and O–H groups in total. The first-order valence-electron chi connectivity index (χ1n) is 8.29. The van der Waals surface area contributed by atoms with Crippen molar-refractivity contribution in [2.24, 2.45) is 0 Å². The fourth-order valence-corrected chi connectivity index (χ4v) is 4.89. The zero-order valence-corrected chi connectivity index (χ0v) is 16.6. The first-order chi connectivity index (χ1) is 12.8. The Hall–Kier alpha value is -1.67. The molecule has 0 bridgehead atoms. The predicted octanol–water partition coefficient (Wildman–Crippen LogP) is 3.67. The maximum atomic E-state index is 13.1. The molecule has 9 heteroatoms. The molecule has 27 heavy (non-hydrogen) atoms. The lowest BCUT2D eigenvalue weighted by Gasteiger charge is -2.22. The van der Waals surface area contributed by atoms with Crippen molar-refractivity contribution >= 4 is 39.1 Å². The Labute approximate surface area is 167 Å². The number of amides is 1. The Balaban J connectivity index is 1.75. The summed E-state index contributed by atoms with van der Waals surface area (Å²) in [6.07, 6.45) is 0.484. The van der Waals surface area contributed by atoms with Crippen LogP contribution in [-0.2, 0) is 10.0 Å². The summed E-state index contributed by atoms with van der Waals surface area (Å²) >= 11 is 12.0. The number of hydrogen-bond acceptors (Lipinski definition) is 3. The van der Waals surface area contributed by atoms with Gasteiger partial charge < -0.3 is 4.90 Å². The Kier molecular flexibility index (Phi) is 6.05. The zero-order chi connectivity index (χ0) is 19.6. The molecule has 2 aromatic carbocycles. The second kappa shape index (κ2) is 8.14. The quantitative estimate of drug-likeness (QED) is 0.746. The lowest BCUT2D eigenvalue weighted by atomic mass is 10.2. The molecule has 3 rings (SSSR count). The summed E-state index contributed by atoms with van der Waals surface area (Å²) < 4.78 is 39.9. The van der Waals surface area contributed by atoms with Gasteiger partial charge in [0.2, 0.25) is 10.0 Å². The van der Waals surface area contributed by atoms with E-state index in [1.165, 1.54) is 22.5 Å². The van der Waals surface area contributed by atoms with E-state index in [4.69, 9.17) is 23.2 Å². The van der Waals surface area contributed by atoms with Gasteiger partial charge in [-0.3, -0.25) is 4.79 Å². The van der Waals surface area contributed by atoms with Gasteiger partial charge in [0.25, 0.3) is 5.91 Å². The number of carbonyl (C=O) groups excluding carboxylic acids is 1. The molecule has 0 saturated carbocycles. The maximum Gasteiger partial charge on any atom is 0.255 e. The average molecular weight is 431 g/mol. The summed E-state index contributed by atoms with van der Waals surface area (Å²) in [6, 6.07) is 9.36. The fourth-order valence-electron chi connectivity index (χ4n) is 2.93. The topological polar surface area (TPSA) is 57.7 Å². The van der Waals surface area contributed by atoms with Crippen LogP contribution in [0.4, 0.5) is 4.39 Å². The normalized spacial score (nSPS) is 16.2. The largest absolute Gasteiger partial charge is 0.337 e. The van der Waals surface area contributed by atoms with Crippen LogP contribution in [0.15, 0.2) is 47.4 Å². The van der Waals surface area contributed by atoms with Crippen molar-refractivity contribution in [3.63, 3.8) is 0 Å². The Morgan fingerprint density at radius 1 is 0.963 bits per heavy atom. The predicted molar refractivity (Wildman–Crippen MR) is 102 cm³/mol. The third-order valence-electron chi connectivity index (χ3n) is 4.36. The Morgan fingerprint density at radius 3 is 2.33 bits per heavy atom. The van der Waals surface area contributed by atoms with Gasteiger partial charge in [-0.2, -0.15) is 4.31 Å². The highest BCUT2D eigenvalue weighted by molar-refractivity contribution is 7.89. The molecular weight excluding hydrogens is 414 g/mol. The van der Waals surface area contributed by atoms with E-state index in [9.17, 15) is 17.6 Å². The molecule has 1 heterocycles. The van der Waals surface area contributed by atoms with Gasteiger partial charge >= 0.3 is 0 Å². The molecule has 1 amide bonds. The van der Waals surface area contributed by atoms with E-state index in [2.05, 4.69) is 0 Å². The van der Waals surface area contributed by atoms with Crippen LogP contribution in [0.5, 0.6) is 0 Å². The summed E-state index contributed by atoms with van der Waals surface area (Å²) in [5.41, 5.74) is 0.330. The van der Waals surface area contributed by atoms with E-state index in [0.717, 1.165) is 12.1 Å². The molecule has 0 aromatic heterocycles. The first kappa shape index (κ1) is 20.1. The van der Waals surface area contributed by atoms with E-state index in [-0.39, 0.29) is 35.5 Å². The molecule has 0 aliphatic carbocycles. The van der Waals surface area contributed by atoms with Gasteiger partial charge in [0.1, 0.15) is 5.82 Å². The molecule has 1 fully saturated rings. The third kappa shape index (κ3) is 4.43. The van der Waals surface area contributed by atoms with E-state index in [0.29, 0.717) is 23.6 Å². The summed E-state index contributed by atoms with van der Waals surface area (Å²) in [6.45, 7) is 1.07. The summed E-state index contributed by atoms with van der Waals surface area (Å²) in [4.78, 5) is 14.3. The standard InChI is InChI=1S/C18H17Cl2FN2O3S/c19-13-2-7-16(17(20)12-13)18(24)22-8-1-9-23(11-10-22)27(25,26)15-5-3-14(21)4-6-15/h2-7,12H,1,8-11H2. The van der Waals surface area contributed by atoms with Crippen molar-refractivity contribution in [2.75, 3.05) is 26.2 Å². The minimum absolute atomic E-state index is 0.0319. The summed E-state index contributed by atoms with van der Waals surface area (Å²) in [7, 11) is -3.74. The highest BCUT2D eigenvalue weighted by atomic mass is 35.5. The zero-order valence-electron chi connectivity index (χ0n) is 14.2. The van der Waals surface area contributed by atoms with Gasteiger partial charge in [-0.05, 0) is 48.9 Å². The minimum Gasteiger partial charge on any atom is -0.337 e. The van der Waals surface area contributed by atoms with Crippen molar-refractivity contribution in [1.82, 2.24) is 9.21 Å². The highest BCUT2D eigenvalue weighted by Crippen LogP contribution is 2.24. The second-order valence-corrected chi connectivity index (χ2v) is 8.91. The molecule has 0 spiro atoms. The molecule has 0 unspecified atom stereocenters. The fraction of sp³-hybridized carbons (Fsp3) is 0.278. The number of rotatable bonds is 3. The van der Waals surface area contributed by atoms with Crippen LogP contribution in [0.3, 0.4) is 0 Å². The van der Waals surface area contributed by atoms with Crippen molar-refractivity contribution in [3.8, 4) is 0 Å². The van der Waals surface area contributed by atoms with Gasteiger partial charge in [0, 0.05) is 31.2 Å². The molecule has 2 aromatic rings. The van der Waals surface area contributed by atoms with E-state index in [1.54, 1.807) is 17.0 Å². The highest BCUT2D eigenvalue weighted by Gasteiger charge is 2.29. The number of hydrogen-bond donors (Lipinski definition) is 0. The number of sulfonamides is 1. The van der Waals surface area contributed by atoms with Crippen LogP contribution in [0, 0.1) is 5.82 Å². The molecule has 0 atom stereocenters. The lowest BCUT2D eigenvalue weighted by Crippen LogP contribution is -2.37. The van der Waals surface area contributed by atoms with Crippen molar-refractivity contribution < 1.29 is 17.6 Å². The molecular formula is C18H17Cl2FN2O3S. The summed E-state index contributed by atoms with van der Waals surface area (Å²) in [5.74, 6) is -0.765. The second-order valence-electron chi connectivity index (χ2n) is 6.13. The molecule has 0 radical (unpaired) electrons. The van der Waals surface area contributed by atoms with Crippen LogP contribution in [-0.4, -0.2) is 49.7 Å². The number of benzene rings is 2. The van der Waals surface area contributed by atoms with Gasteiger partial charge in [-0.25, -0.2) is 12.8 Å². The minimum atomic E-state index is -3.74.